The van der Waals surface area contributed by atoms with Gasteiger partial charge in [0, 0.05) is 0 Å². The molecule has 0 bridgehead atoms. The third-order valence-electron chi connectivity index (χ3n) is 6.33. The minimum absolute atomic E-state index is 0.643. The zero-order valence-corrected chi connectivity index (χ0v) is 19.4. The number of hydrogen-bond donors (Lipinski definition) is 0. The standard InChI is InChI=1S/C15H26N2.C7H6.2ClH.Ru/c1-3-7-14(8-4-1)16-11-12-17(13-16)15-9-5-2-6-10-15;1-7-5-3-2-4-6-7;;;/h14-15H,1-12H2;1-6H;2*1H;/q;;;;+2/p-2. The maximum absolute atomic E-state index is 7.26. The van der Waals surface area contributed by atoms with Gasteiger partial charge < -0.3 is 0 Å². The van der Waals surface area contributed by atoms with Crippen LogP contribution in [0.25, 0.3) is 0 Å². The molecular weight excluding hydrogens is 464 g/mol. The molecule has 1 aromatic rings. The van der Waals surface area contributed by atoms with Crippen LogP contribution in [0.5, 0.6) is 0 Å². The van der Waals surface area contributed by atoms with Crippen LogP contribution in [0.4, 0.5) is 0 Å². The number of hydrogen-bond acceptors (Lipinski definition) is 2. The normalized spacial score (nSPS) is 25.0. The Morgan fingerprint density at radius 2 is 1.22 bits per heavy atom. The van der Waals surface area contributed by atoms with Crippen molar-refractivity contribution < 1.29 is 11.9 Å². The average Bonchev–Trinajstić information content (AvgIpc) is 3.16. The van der Waals surface area contributed by atoms with E-state index in [1.807, 2.05) is 0 Å². The van der Waals surface area contributed by atoms with Gasteiger partial charge in [-0.2, -0.15) is 0 Å². The second-order valence-electron chi connectivity index (χ2n) is 8.18. The molecule has 1 saturated heterocycles. The average molecular weight is 496 g/mol. The van der Waals surface area contributed by atoms with Crippen LogP contribution in [-0.4, -0.2) is 43.9 Å². The summed E-state index contributed by atoms with van der Waals surface area (Å²) in [4.78, 5) is 5.30. The fraction of sp³-hybridized carbons (Fsp3) is 0.636. The van der Waals surface area contributed by atoms with Gasteiger partial charge in [0.15, 0.2) is 0 Å². The molecule has 0 radical (unpaired) electrons. The van der Waals surface area contributed by atoms with Crippen LogP contribution in [0.2, 0.25) is 0 Å². The molecule has 0 N–H and O–H groups in total. The minimum atomic E-state index is -3.11. The second-order valence-corrected chi connectivity index (χ2v) is 17.4. The van der Waals surface area contributed by atoms with Crippen molar-refractivity contribution in [1.82, 2.24) is 9.80 Å². The summed E-state index contributed by atoms with van der Waals surface area (Å²) >= 11 is -3.11. The van der Waals surface area contributed by atoms with Crippen molar-refractivity contribution >= 4 is 28.3 Å². The first-order valence-electron chi connectivity index (χ1n) is 10.6. The van der Waals surface area contributed by atoms with Gasteiger partial charge in [-0.15, -0.1) is 0 Å². The van der Waals surface area contributed by atoms with Crippen molar-refractivity contribution in [2.24, 2.45) is 0 Å². The van der Waals surface area contributed by atoms with E-state index < -0.39 is 11.9 Å². The third kappa shape index (κ3) is 4.81. The van der Waals surface area contributed by atoms with E-state index >= 15 is 0 Å². The molecule has 0 aromatic heterocycles. The zero-order valence-electron chi connectivity index (χ0n) is 16.1. The summed E-state index contributed by atoms with van der Waals surface area (Å²) in [5, 5.41) is 0. The van der Waals surface area contributed by atoms with Crippen LogP contribution in [-0.2, 0) is 11.9 Å². The van der Waals surface area contributed by atoms with Gasteiger partial charge in [-0.1, -0.05) is 0 Å². The summed E-state index contributed by atoms with van der Waals surface area (Å²) in [6.45, 7) is 2.22. The first kappa shape index (κ1) is 20.4. The van der Waals surface area contributed by atoms with Gasteiger partial charge in [0.1, 0.15) is 0 Å². The summed E-state index contributed by atoms with van der Waals surface area (Å²) in [6.07, 6.45) is 13.4. The van der Waals surface area contributed by atoms with E-state index in [1.54, 1.807) is 0 Å². The van der Waals surface area contributed by atoms with E-state index in [0.29, 0.717) is 12.1 Å². The van der Waals surface area contributed by atoms with E-state index in [9.17, 15) is 0 Å². The van der Waals surface area contributed by atoms with Crippen molar-refractivity contribution in [3.05, 3.63) is 35.9 Å². The molecule has 5 heteroatoms. The summed E-state index contributed by atoms with van der Waals surface area (Å²) < 4.78 is 3.54. The van der Waals surface area contributed by atoms with E-state index in [-0.39, 0.29) is 0 Å². The molecule has 1 aromatic carbocycles. The quantitative estimate of drug-likeness (QED) is 0.498. The molecule has 2 nitrogen and oxygen atoms in total. The fourth-order valence-corrected chi connectivity index (χ4v) is 11.5. The molecule has 0 atom stereocenters. The third-order valence-corrected chi connectivity index (χ3v) is 11.9. The fourth-order valence-electron chi connectivity index (χ4n) is 4.99. The van der Waals surface area contributed by atoms with E-state index in [2.05, 4.69) is 44.7 Å². The Labute approximate surface area is 174 Å². The van der Waals surface area contributed by atoms with Gasteiger partial charge in [-0.05, 0) is 0 Å². The molecule has 0 amide bonds. The van der Waals surface area contributed by atoms with Crippen LogP contribution >= 0.6 is 19.4 Å². The predicted octanol–water partition coefficient (Wildman–Crippen LogP) is 5.67. The Bertz CT molecular complexity index is 707. The molecule has 2 aliphatic carbocycles. The molecule has 152 valence electrons. The van der Waals surface area contributed by atoms with Gasteiger partial charge in [0.05, 0.1) is 0 Å². The van der Waals surface area contributed by atoms with Crippen LogP contribution in [0, 0.1) is 0 Å². The molecule has 27 heavy (non-hydrogen) atoms. The first-order valence-corrected chi connectivity index (χ1v) is 16.9. The Morgan fingerprint density at radius 1 is 0.741 bits per heavy atom. The molecule has 3 aliphatic rings. The molecule has 0 unspecified atom stereocenters. The van der Waals surface area contributed by atoms with Crippen molar-refractivity contribution in [3.8, 4) is 0 Å². The van der Waals surface area contributed by atoms with Gasteiger partial charge >= 0.3 is 175 Å². The summed E-state index contributed by atoms with van der Waals surface area (Å²) in [6, 6.07) is 11.8. The molecule has 2 saturated carbocycles. The maximum atomic E-state index is 7.26. The number of benzene rings is 1. The Kier molecular flexibility index (Phi) is 6.99. The van der Waals surface area contributed by atoms with E-state index in [0.717, 1.165) is 13.1 Å². The molecule has 1 heterocycles. The van der Waals surface area contributed by atoms with Crippen LogP contribution in [0.1, 0.15) is 69.8 Å². The number of halogens is 2. The molecular formula is C22H32Cl2N2Ru. The van der Waals surface area contributed by atoms with Gasteiger partial charge in [0.25, 0.3) is 0 Å². The van der Waals surface area contributed by atoms with E-state index in [4.69, 9.17) is 19.4 Å². The van der Waals surface area contributed by atoms with Crippen molar-refractivity contribution in [1.29, 1.82) is 0 Å². The topological polar surface area (TPSA) is 6.48 Å². The van der Waals surface area contributed by atoms with Crippen molar-refractivity contribution in [2.75, 3.05) is 13.1 Å². The second kappa shape index (κ2) is 9.27. The summed E-state index contributed by atoms with van der Waals surface area (Å²) in [7, 11) is 14.5. The molecule has 4 rings (SSSR count). The van der Waals surface area contributed by atoms with Gasteiger partial charge in [-0.25, -0.2) is 0 Å². The Morgan fingerprint density at radius 3 is 1.70 bits per heavy atom. The predicted molar refractivity (Wildman–Crippen MR) is 115 cm³/mol. The Hall–Kier alpha value is 0.0834. The summed E-state index contributed by atoms with van der Waals surface area (Å²) in [5.41, 5.74) is 1.17. The van der Waals surface area contributed by atoms with E-state index in [1.165, 1.54) is 74.1 Å². The molecule has 0 spiro atoms. The first-order chi connectivity index (χ1) is 13.1. The number of nitrogens with zero attached hydrogens (tertiary/aromatic N) is 2. The molecule has 1 aliphatic heterocycles. The Balaban J connectivity index is 1.76. The SMILES string of the molecule is [Cl][Ru]([Cl])(=[CH]c1ccccc1)=[C]1N(C2CCCCC2)CCN1C1CCCCC1. The molecule has 3 fully saturated rings. The van der Waals surface area contributed by atoms with Crippen molar-refractivity contribution in [3.63, 3.8) is 0 Å². The van der Waals surface area contributed by atoms with Gasteiger partial charge in [0.2, 0.25) is 0 Å². The number of rotatable bonds is 3. The zero-order chi connectivity index (χ0) is 18.7. The van der Waals surface area contributed by atoms with Crippen LogP contribution in [0.3, 0.4) is 0 Å². The van der Waals surface area contributed by atoms with Crippen LogP contribution < -0.4 is 0 Å². The van der Waals surface area contributed by atoms with Crippen LogP contribution in [0.15, 0.2) is 30.3 Å². The van der Waals surface area contributed by atoms with Crippen molar-refractivity contribution in [2.45, 2.75) is 76.3 Å². The summed E-state index contributed by atoms with van der Waals surface area (Å²) in [5.74, 6) is 0. The monoisotopic (exact) mass is 496 g/mol. The van der Waals surface area contributed by atoms with Gasteiger partial charge in [-0.3, -0.25) is 0 Å².